The van der Waals surface area contributed by atoms with E-state index in [4.69, 9.17) is 18.9 Å². The minimum Gasteiger partial charge on any atom is -0.463 e. The molecule has 0 bridgehead atoms. The first-order chi connectivity index (χ1) is 19.2. The molecule has 12 nitrogen and oxygen atoms in total. The molecular weight excluding hydrogens is 522 g/mol. The van der Waals surface area contributed by atoms with E-state index in [0.29, 0.717) is 44.3 Å². The molecule has 1 aromatic rings. The molecule has 0 aromatic heterocycles. The van der Waals surface area contributed by atoms with Gasteiger partial charge in [0.05, 0.1) is 12.6 Å². The van der Waals surface area contributed by atoms with Gasteiger partial charge in [-0.05, 0) is 25.8 Å². The second kappa shape index (κ2) is 18.1. The van der Waals surface area contributed by atoms with Crippen LogP contribution < -0.4 is 16.0 Å². The summed E-state index contributed by atoms with van der Waals surface area (Å²) in [7, 11) is 0. The summed E-state index contributed by atoms with van der Waals surface area (Å²) in [6.07, 6.45) is 0.104. The van der Waals surface area contributed by atoms with Crippen molar-refractivity contribution in [2.75, 3.05) is 32.8 Å². The first kappa shape index (κ1) is 32.9. The summed E-state index contributed by atoms with van der Waals surface area (Å²) < 4.78 is 22.2. The fourth-order valence-corrected chi connectivity index (χ4v) is 4.15. The van der Waals surface area contributed by atoms with Gasteiger partial charge in [-0.15, -0.1) is 0 Å². The van der Waals surface area contributed by atoms with Crippen molar-refractivity contribution in [1.29, 1.82) is 0 Å². The minimum absolute atomic E-state index is 0.0238. The summed E-state index contributed by atoms with van der Waals surface area (Å²) in [5.41, 5.74) is 0.666. The standard InChI is InChI=1S/C28H41N3O9/c1-19(32)31-27-25(39-21(3)34)16-23(18-38-20(2)33)40-28(27)37-15-8-7-12-26(36)30-14-9-13-29-17-24(35)22-10-5-4-6-11-22/h4-6,10-11,23,25,27-29H,7-9,12-18H2,1-3H3,(H,30,36)(H,31,32). The van der Waals surface area contributed by atoms with Crippen LogP contribution in [0, 0.1) is 0 Å². The van der Waals surface area contributed by atoms with E-state index < -0.39 is 36.5 Å². The number of hydrogen-bond donors (Lipinski definition) is 3. The van der Waals surface area contributed by atoms with Gasteiger partial charge in [0, 0.05) is 52.3 Å². The van der Waals surface area contributed by atoms with E-state index in [-0.39, 0.29) is 43.8 Å². The molecule has 12 heteroatoms. The molecule has 1 heterocycles. The number of ketones is 1. The Labute approximate surface area is 234 Å². The summed E-state index contributed by atoms with van der Waals surface area (Å²) in [5.74, 6) is -1.39. The van der Waals surface area contributed by atoms with E-state index in [1.165, 1.54) is 20.8 Å². The Morgan fingerprint density at radius 2 is 1.70 bits per heavy atom. The fourth-order valence-electron chi connectivity index (χ4n) is 4.15. The fraction of sp³-hybridized carbons (Fsp3) is 0.607. The smallest absolute Gasteiger partial charge is 0.302 e. The molecule has 0 radical (unpaired) electrons. The first-order valence-corrected chi connectivity index (χ1v) is 13.6. The van der Waals surface area contributed by atoms with Crippen molar-refractivity contribution >= 4 is 29.5 Å². The molecule has 0 aliphatic carbocycles. The maximum atomic E-state index is 12.1. The molecule has 1 aromatic carbocycles. The zero-order valence-electron chi connectivity index (χ0n) is 23.4. The van der Waals surface area contributed by atoms with Crippen LogP contribution in [0.2, 0.25) is 0 Å². The lowest BCUT2D eigenvalue weighted by Crippen LogP contribution is -2.59. The van der Waals surface area contributed by atoms with Gasteiger partial charge < -0.3 is 34.9 Å². The topological polar surface area (TPSA) is 158 Å². The van der Waals surface area contributed by atoms with Crippen LogP contribution in [0.4, 0.5) is 0 Å². The van der Waals surface area contributed by atoms with E-state index in [1.807, 2.05) is 18.2 Å². The highest BCUT2D eigenvalue weighted by atomic mass is 16.7. The first-order valence-electron chi connectivity index (χ1n) is 13.6. The Bertz CT molecular complexity index is 973. The van der Waals surface area contributed by atoms with Crippen LogP contribution in [0.25, 0.3) is 0 Å². The number of carbonyl (C=O) groups excluding carboxylic acids is 5. The van der Waals surface area contributed by atoms with Crippen molar-refractivity contribution in [1.82, 2.24) is 16.0 Å². The van der Waals surface area contributed by atoms with Gasteiger partial charge in [-0.2, -0.15) is 0 Å². The molecule has 1 aliphatic heterocycles. The number of amides is 2. The predicted molar refractivity (Wildman–Crippen MR) is 144 cm³/mol. The summed E-state index contributed by atoms with van der Waals surface area (Å²) in [6, 6.07) is 8.33. The van der Waals surface area contributed by atoms with Crippen molar-refractivity contribution in [2.24, 2.45) is 0 Å². The van der Waals surface area contributed by atoms with E-state index in [9.17, 15) is 24.0 Å². The number of ether oxygens (including phenoxy) is 4. The Kier molecular flexibility index (Phi) is 14.9. The van der Waals surface area contributed by atoms with Crippen molar-refractivity contribution in [2.45, 2.75) is 77.4 Å². The Hall–Kier alpha value is -3.35. The van der Waals surface area contributed by atoms with Gasteiger partial charge >= 0.3 is 11.9 Å². The SMILES string of the molecule is CC(=O)NC1C(OC(C)=O)CC(COC(C)=O)OC1OCCCCC(=O)NCCCNCC(=O)c1ccccc1. The number of rotatable bonds is 17. The third-order valence-corrected chi connectivity index (χ3v) is 5.99. The lowest BCUT2D eigenvalue weighted by Gasteiger charge is -2.40. The van der Waals surface area contributed by atoms with Gasteiger partial charge in [0.1, 0.15) is 18.8 Å². The van der Waals surface area contributed by atoms with Gasteiger partial charge in [0.2, 0.25) is 11.8 Å². The Morgan fingerprint density at radius 1 is 0.950 bits per heavy atom. The van der Waals surface area contributed by atoms with Gasteiger partial charge in [0.15, 0.2) is 12.1 Å². The number of Topliss-reactive ketones (excluding diaryl/α,β-unsaturated/α-hetero) is 1. The summed E-state index contributed by atoms with van der Waals surface area (Å²) in [4.78, 5) is 58.8. The molecule has 2 amide bonds. The lowest BCUT2D eigenvalue weighted by atomic mass is 9.99. The van der Waals surface area contributed by atoms with Crippen molar-refractivity contribution in [3.63, 3.8) is 0 Å². The number of unbranched alkanes of at least 4 members (excludes halogenated alkanes) is 1. The zero-order valence-corrected chi connectivity index (χ0v) is 23.4. The third kappa shape index (κ3) is 13.1. The number of hydrogen-bond acceptors (Lipinski definition) is 10. The molecule has 2 rings (SSSR count). The van der Waals surface area contributed by atoms with Crippen LogP contribution >= 0.6 is 0 Å². The van der Waals surface area contributed by atoms with E-state index in [2.05, 4.69) is 16.0 Å². The number of nitrogens with one attached hydrogen (secondary N) is 3. The second-order valence-electron chi connectivity index (χ2n) is 9.54. The highest BCUT2D eigenvalue weighted by molar-refractivity contribution is 5.97. The molecule has 1 fully saturated rings. The quantitative estimate of drug-likeness (QED) is 0.143. The van der Waals surface area contributed by atoms with Crippen LogP contribution in [0.5, 0.6) is 0 Å². The maximum absolute atomic E-state index is 12.1. The van der Waals surface area contributed by atoms with Gasteiger partial charge in [-0.3, -0.25) is 24.0 Å². The van der Waals surface area contributed by atoms with E-state index >= 15 is 0 Å². The second-order valence-corrected chi connectivity index (χ2v) is 9.54. The number of benzene rings is 1. The molecule has 1 saturated heterocycles. The minimum atomic E-state index is -0.933. The normalized spacial score (nSPS) is 20.3. The van der Waals surface area contributed by atoms with Crippen LogP contribution in [-0.2, 0) is 38.1 Å². The van der Waals surface area contributed by atoms with Crippen molar-refractivity contribution in [3.8, 4) is 0 Å². The van der Waals surface area contributed by atoms with Crippen molar-refractivity contribution < 1.29 is 42.9 Å². The molecule has 3 N–H and O–H groups in total. The summed E-state index contributed by atoms with van der Waals surface area (Å²) >= 11 is 0. The van der Waals surface area contributed by atoms with Crippen LogP contribution in [0.15, 0.2) is 30.3 Å². The highest BCUT2D eigenvalue weighted by Crippen LogP contribution is 2.25. The summed E-state index contributed by atoms with van der Waals surface area (Å²) in [5, 5.41) is 8.67. The molecule has 222 valence electrons. The highest BCUT2D eigenvalue weighted by Gasteiger charge is 2.42. The van der Waals surface area contributed by atoms with Crippen LogP contribution in [0.3, 0.4) is 0 Å². The molecule has 4 unspecified atom stereocenters. The number of esters is 2. The molecule has 0 saturated carbocycles. The van der Waals surface area contributed by atoms with Gasteiger partial charge in [0.25, 0.3) is 0 Å². The third-order valence-electron chi connectivity index (χ3n) is 5.99. The lowest BCUT2D eigenvalue weighted by molar-refractivity contribution is -0.243. The van der Waals surface area contributed by atoms with E-state index in [0.717, 1.165) is 0 Å². The molecule has 1 aliphatic rings. The Morgan fingerprint density at radius 3 is 2.38 bits per heavy atom. The van der Waals surface area contributed by atoms with Crippen molar-refractivity contribution in [3.05, 3.63) is 35.9 Å². The average Bonchev–Trinajstić information content (AvgIpc) is 2.90. The monoisotopic (exact) mass is 563 g/mol. The van der Waals surface area contributed by atoms with Crippen LogP contribution in [0.1, 0.15) is 63.2 Å². The number of carbonyl (C=O) groups is 5. The van der Waals surface area contributed by atoms with E-state index in [1.54, 1.807) is 12.1 Å². The summed E-state index contributed by atoms with van der Waals surface area (Å²) in [6.45, 7) is 5.44. The zero-order chi connectivity index (χ0) is 29.3. The predicted octanol–water partition coefficient (Wildman–Crippen LogP) is 1.27. The van der Waals surface area contributed by atoms with Gasteiger partial charge in [-0.1, -0.05) is 30.3 Å². The molecule has 4 atom stereocenters. The van der Waals surface area contributed by atoms with Gasteiger partial charge in [-0.25, -0.2) is 0 Å². The Balaban J connectivity index is 1.67. The van der Waals surface area contributed by atoms with Crippen LogP contribution in [-0.4, -0.2) is 86.9 Å². The average molecular weight is 564 g/mol. The molecule has 40 heavy (non-hydrogen) atoms. The maximum Gasteiger partial charge on any atom is 0.302 e. The molecule has 0 spiro atoms. The molecular formula is C28H41N3O9. The largest absolute Gasteiger partial charge is 0.463 e.